The SMILES string of the molecule is CC12CCC3c4ccc(OC5OC(C(=O)[O-])C(O)C(O)C5O)cc4CCC3C1CCC2OS(=O)(=O)[O-]. The normalized spacial score (nSPS) is 42.2. The number of aliphatic hydroxyl groups excluding tert-OH is 3. The third kappa shape index (κ3) is 4.42. The molecular weight excluding hydrogens is 496 g/mol. The first-order chi connectivity index (χ1) is 16.9. The van der Waals surface area contributed by atoms with E-state index in [0.717, 1.165) is 43.2 Å². The van der Waals surface area contributed by atoms with Gasteiger partial charge < -0.3 is 39.2 Å². The molecule has 12 heteroatoms. The molecule has 1 heterocycles. The minimum Gasteiger partial charge on any atom is -0.726 e. The Balaban J connectivity index is 1.32. The third-order valence-electron chi connectivity index (χ3n) is 8.90. The number of hydrogen-bond acceptors (Lipinski definition) is 11. The van der Waals surface area contributed by atoms with Gasteiger partial charge in [0.05, 0.1) is 12.1 Å². The standard InChI is InChI=1S/C24H32O11S/c1-24-9-8-14-13-5-3-12(33-23-20(27)18(25)19(26)21(34-23)22(28)29)10-11(13)2-4-15(14)16(24)6-7-17(24)35-36(30,31)32/h3,5,10,14-21,23,25-27H,2,4,6-9H2,1H3,(H,28,29)(H,30,31,32)/p-2. The molecule has 0 bridgehead atoms. The van der Waals surface area contributed by atoms with E-state index in [-0.39, 0.29) is 17.3 Å². The van der Waals surface area contributed by atoms with Crippen LogP contribution in [-0.2, 0) is 30.5 Å². The van der Waals surface area contributed by atoms with Crippen LogP contribution >= 0.6 is 0 Å². The van der Waals surface area contributed by atoms with Crippen LogP contribution in [0.25, 0.3) is 0 Å². The molecule has 0 spiro atoms. The molecule has 0 aromatic heterocycles. The summed E-state index contributed by atoms with van der Waals surface area (Å²) in [4.78, 5) is 11.2. The monoisotopic (exact) mass is 526 g/mol. The van der Waals surface area contributed by atoms with Gasteiger partial charge in [0, 0.05) is 0 Å². The third-order valence-corrected chi connectivity index (χ3v) is 9.37. The number of aryl methyl sites for hydroxylation is 1. The van der Waals surface area contributed by atoms with Crippen molar-refractivity contribution in [2.45, 2.75) is 88.2 Å². The summed E-state index contributed by atoms with van der Waals surface area (Å²) in [6.45, 7) is 2.03. The lowest BCUT2D eigenvalue weighted by atomic mass is 9.55. The predicted molar refractivity (Wildman–Crippen MR) is 118 cm³/mol. The Labute approximate surface area is 208 Å². The second-order valence-electron chi connectivity index (χ2n) is 10.7. The van der Waals surface area contributed by atoms with E-state index in [9.17, 15) is 38.2 Å². The Morgan fingerprint density at radius 3 is 2.56 bits per heavy atom. The van der Waals surface area contributed by atoms with E-state index in [1.807, 2.05) is 19.1 Å². The number of carboxylic acids is 1. The van der Waals surface area contributed by atoms with Gasteiger partial charge >= 0.3 is 0 Å². The molecule has 3 fully saturated rings. The topological polar surface area (TPSA) is 186 Å². The highest BCUT2D eigenvalue weighted by Crippen LogP contribution is 2.61. The van der Waals surface area contributed by atoms with Crippen molar-refractivity contribution in [2.75, 3.05) is 0 Å². The zero-order chi connectivity index (χ0) is 26.0. The summed E-state index contributed by atoms with van der Waals surface area (Å²) in [5, 5.41) is 41.3. The van der Waals surface area contributed by atoms with Crippen molar-refractivity contribution in [1.82, 2.24) is 0 Å². The Bertz CT molecular complexity index is 1120. The zero-order valence-electron chi connectivity index (χ0n) is 19.7. The van der Waals surface area contributed by atoms with Gasteiger partial charge in [-0.15, -0.1) is 0 Å². The van der Waals surface area contributed by atoms with Crippen molar-refractivity contribution in [3.63, 3.8) is 0 Å². The number of benzene rings is 1. The molecule has 200 valence electrons. The molecule has 1 aromatic rings. The summed E-state index contributed by atoms with van der Waals surface area (Å²) in [5.74, 6) is -0.565. The van der Waals surface area contributed by atoms with Gasteiger partial charge in [-0.05, 0) is 85.0 Å². The predicted octanol–water partition coefficient (Wildman–Crippen LogP) is -0.676. The van der Waals surface area contributed by atoms with E-state index in [4.69, 9.17) is 13.7 Å². The summed E-state index contributed by atoms with van der Waals surface area (Å²) in [6.07, 6.45) is -4.72. The van der Waals surface area contributed by atoms with E-state index >= 15 is 0 Å². The molecule has 1 aliphatic heterocycles. The maximum absolute atomic E-state index is 11.3. The lowest BCUT2D eigenvalue weighted by molar-refractivity contribution is -0.342. The average Bonchev–Trinajstić information content (AvgIpc) is 3.13. The fourth-order valence-corrected chi connectivity index (χ4v) is 7.76. The molecule has 3 N–H and O–H groups in total. The van der Waals surface area contributed by atoms with Crippen LogP contribution in [0.1, 0.15) is 56.1 Å². The second-order valence-corrected chi connectivity index (χ2v) is 11.7. The number of aliphatic carboxylic acids is 1. The summed E-state index contributed by atoms with van der Waals surface area (Å²) in [5.41, 5.74) is 1.84. The van der Waals surface area contributed by atoms with Gasteiger partial charge in [-0.1, -0.05) is 13.0 Å². The first-order valence-electron chi connectivity index (χ1n) is 12.2. The number of fused-ring (bicyclic) bond motifs is 5. The lowest BCUT2D eigenvalue weighted by Crippen LogP contribution is -2.63. The van der Waals surface area contributed by atoms with Crippen LogP contribution in [0.5, 0.6) is 5.75 Å². The second kappa shape index (κ2) is 9.19. The van der Waals surface area contributed by atoms with Gasteiger partial charge in [0.15, 0.2) is 0 Å². The minimum atomic E-state index is -4.77. The van der Waals surface area contributed by atoms with Gasteiger partial charge in [-0.3, -0.25) is 4.18 Å². The van der Waals surface area contributed by atoms with Crippen LogP contribution in [0, 0.1) is 17.3 Å². The molecule has 0 radical (unpaired) electrons. The van der Waals surface area contributed by atoms with Gasteiger partial charge in [0.2, 0.25) is 16.7 Å². The lowest BCUT2D eigenvalue weighted by Gasteiger charge is -2.50. The number of carboxylic acid groups (broad SMARTS) is 1. The molecule has 10 unspecified atom stereocenters. The van der Waals surface area contributed by atoms with E-state index in [2.05, 4.69) is 0 Å². The fraction of sp³-hybridized carbons (Fsp3) is 0.708. The van der Waals surface area contributed by atoms with Crippen molar-refractivity contribution in [2.24, 2.45) is 17.3 Å². The molecule has 1 aromatic carbocycles. The average molecular weight is 527 g/mol. The van der Waals surface area contributed by atoms with E-state index in [1.165, 1.54) is 0 Å². The molecule has 2 saturated carbocycles. The Kier molecular flexibility index (Phi) is 6.60. The maximum Gasteiger partial charge on any atom is 0.229 e. The van der Waals surface area contributed by atoms with Crippen molar-refractivity contribution < 1.29 is 51.8 Å². The molecule has 11 nitrogen and oxygen atoms in total. The summed E-state index contributed by atoms with van der Waals surface area (Å²) in [6, 6.07) is 5.44. The summed E-state index contributed by atoms with van der Waals surface area (Å²) < 4.78 is 49.6. The van der Waals surface area contributed by atoms with Crippen LogP contribution in [0.15, 0.2) is 18.2 Å². The van der Waals surface area contributed by atoms with Crippen LogP contribution in [-0.4, -0.2) is 71.1 Å². The van der Waals surface area contributed by atoms with Crippen molar-refractivity contribution in [3.8, 4) is 5.75 Å². The van der Waals surface area contributed by atoms with Gasteiger partial charge in [0.25, 0.3) is 0 Å². The summed E-state index contributed by atoms with van der Waals surface area (Å²) >= 11 is 0. The van der Waals surface area contributed by atoms with Crippen molar-refractivity contribution in [3.05, 3.63) is 29.3 Å². The van der Waals surface area contributed by atoms with Gasteiger partial charge in [0.1, 0.15) is 30.2 Å². The van der Waals surface area contributed by atoms with E-state index in [0.29, 0.717) is 18.1 Å². The molecular formula is C24H30O11S-2. The summed E-state index contributed by atoms with van der Waals surface area (Å²) in [7, 11) is -4.77. The van der Waals surface area contributed by atoms with Crippen molar-refractivity contribution in [1.29, 1.82) is 0 Å². The molecule has 5 rings (SSSR count). The molecule has 36 heavy (non-hydrogen) atoms. The molecule has 4 aliphatic rings. The van der Waals surface area contributed by atoms with Crippen molar-refractivity contribution >= 4 is 16.4 Å². The molecule has 1 saturated heterocycles. The molecule has 3 aliphatic carbocycles. The number of carbonyl (C=O) groups excluding carboxylic acids is 1. The smallest absolute Gasteiger partial charge is 0.229 e. The molecule has 10 atom stereocenters. The number of rotatable bonds is 5. The number of carbonyl (C=O) groups is 1. The zero-order valence-corrected chi connectivity index (χ0v) is 20.5. The number of aliphatic hydroxyl groups is 3. The first-order valence-corrected chi connectivity index (χ1v) is 13.6. The van der Waals surface area contributed by atoms with Crippen LogP contribution in [0.4, 0.5) is 0 Å². The highest BCUT2D eigenvalue weighted by Gasteiger charge is 2.56. The highest BCUT2D eigenvalue weighted by molar-refractivity contribution is 7.80. The fourth-order valence-electron chi connectivity index (χ4n) is 7.16. The quantitative estimate of drug-likeness (QED) is 0.326. The first kappa shape index (κ1) is 25.8. The van der Waals surface area contributed by atoms with Gasteiger partial charge in [-0.25, -0.2) is 8.42 Å². The minimum absolute atomic E-state index is 0.243. The Hall–Kier alpha value is -1.80. The van der Waals surface area contributed by atoms with E-state index in [1.54, 1.807) is 6.07 Å². The Morgan fingerprint density at radius 1 is 1.11 bits per heavy atom. The number of ether oxygens (including phenoxy) is 2. The highest BCUT2D eigenvalue weighted by atomic mass is 32.3. The molecule has 0 amide bonds. The van der Waals surface area contributed by atoms with Crippen LogP contribution in [0.3, 0.4) is 0 Å². The number of hydrogen-bond donors (Lipinski definition) is 3. The van der Waals surface area contributed by atoms with E-state index < -0.39 is 53.2 Å². The Morgan fingerprint density at radius 2 is 1.86 bits per heavy atom. The largest absolute Gasteiger partial charge is 0.726 e. The van der Waals surface area contributed by atoms with Crippen LogP contribution < -0.4 is 9.84 Å². The van der Waals surface area contributed by atoms with Crippen LogP contribution in [0.2, 0.25) is 0 Å². The van der Waals surface area contributed by atoms with Gasteiger partial charge in [-0.2, -0.15) is 0 Å². The maximum atomic E-state index is 11.3.